The van der Waals surface area contributed by atoms with Gasteiger partial charge >= 0.3 is 5.69 Å². The summed E-state index contributed by atoms with van der Waals surface area (Å²) in [6.07, 6.45) is 4.72. The van der Waals surface area contributed by atoms with E-state index in [0.717, 1.165) is 4.57 Å². The molecule has 0 radical (unpaired) electrons. The van der Waals surface area contributed by atoms with E-state index < -0.39 is 11.2 Å². The second-order valence-corrected chi connectivity index (χ2v) is 7.56. The molecule has 1 aromatic carbocycles. The lowest BCUT2D eigenvalue weighted by Crippen LogP contribution is -2.39. The summed E-state index contributed by atoms with van der Waals surface area (Å²) < 4.78 is 4.13. The van der Waals surface area contributed by atoms with Gasteiger partial charge in [-0.15, -0.1) is 0 Å². The molecule has 0 N–H and O–H groups in total. The van der Waals surface area contributed by atoms with Crippen LogP contribution in [0.15, 0.2) is 46.4 Å². The van der Waals surface area contributed by atoms with Gasteiger partial charge in [0, 0.05) is 33.5 Å². The fourth-order valence-electron chi connectivity index (χ4n) is 3.26. The van der Waals surface area contributed by atoms with E-state index in [1.165, 1.54) is 4.57 Å². The van der Waals surface area contributed by atoms with Crippen molar-refractivity contribution in [3.63, 3.8) is 0 Å². The van der Waals surface area contributed by atoms with E-state index in [2.05, 4.69) is 15.0 Å². The third-order valence-corrected chi connectivity index (χ3v) is 5.59. The highest BCUT2D eigenvalue weighted by Crippen LogP contribution is 2.24. The van der Waals surface area contributed by atoms with Crippen LogP contribution in [0, 0.1) is 0 Å². The standard InChI is InChI=1S/C19H17Cl2N7O2/c1-25(14-9-22-6-7-23-14)18-24-16-15(26(18)2)17(29)28(19(30)27(16)3)10-11-4-5-12(20)13(21)8-11/h4-9H,10H2,1-3H3. The SMILES string of the molecule is CN(c1cnccn1)c1nc2c(c(=O)n(Cc3ccc(Cl)c(Cl)c3)c(=O)n2C)n1C. The zero-order valence-electron chi connectivity index (χ0n) is 16.4. The molecule has 0 fully saturated rings. The van der Waals surface area contributed by atoms with Crippen LogP contribution in [0.3, 0.4) is 0 Å². The maximum absolute atomic E-state index is 13.2. The van der Waals surface area contributed by atoms with Crippen molar-refractivity contribution in [2.45, 2.75) is 6.54 Å². The second kappa shape index (κ2) is 7.58. The molecule has 9 nitrogen and oxygen atoms in total. The van der Waals surface area contributed by atoms with E-state index in [4.69, 9.17) is 23.2 Å². The summed E-state index contributed by atoms with van der Waals surface area (Å²) in [5.41, 5.74) is 0.326. The summed E-state index contributed by atoms with van der Waals surface area (Å²) in [4.78, 5) is 40.7. The number of hydrogen-bond donors (Lipinski definition) is 0. The van der Waals surface area contributed by atoms with E-state index in [9.17, 15) is 9.59 Å². The molecule has 11 heteroatoms. The van der Waals surface area contributed by atoms with Gasteiger partial charge in [-0.2, -0.15) is 4.98 Å². The quantitative estimate of drug-likeness (QED) is 0.478. The Kier molecular flexibility index (Phi) is 5.08. The number of anilines is 2. The first kappa shape index (κ1) is 20.1. The molecule has 154 valence electrons. The second-order valence-electron chi connectivity index (χ2n) is 6.75. The molecule has 3 heterocycles. The predicted molar refractivity (Wildman–Crippen MR) is 116 cm³/mol. The minimum atomic E-state index is -0.481. The fraction of sp³-hybridized carbons (Fsp3) is 0.211. The van der Waals surface area contributed by atoms with Gasteiger partial charge in [0.05, 0.1) is 22.8 Å². The monoisotopic (exact) mass is 445 g/mol. The molecule has 3 aromatic heterocycles. The van der Waals surface area contributed by atoms with Crippen molar-refractivity contribution < 1.29 is 0 Å². The normalized spacial score (nSPS) is 11.2. The van der Waals surface area contributed by atoms with Crippen molar-refractivity contribution in [3.8, 4) is 0 Å². The van der Waals surface area contributed by atoms with E-state index in [-0.39, 0.29) is 12.2 Å². The number of imidazole rings is 1. The smallest absolute Gasteiger partial charge is 0.307 e. The van der Waals surface area contributed by atoms with Crippen molar-refractivity contribution in [2.75, 3.05) is 11.9 Å². The highest BCUT2D eigenvalue weighted by atomic mass is 35.5. The molecule has 0 aliphatic heterocycles. The maximum Gasteiger partial charge on any atom is 0.332 e. The molecule has 4 aromatic rings. The minimum absolute atomic E-state index is 0.0544. The largest absolute Gasteiger partial charge is 0.332 e. The molecule has 0 saturated heterocycles. The Labute approximate surface area is 180 Å². The summed E-state index contributed by atoms with van der Waals surface area (Å²) >= 11 is 12.0. The third-order valence-electron chi connectivity index (χ3n) is 4.85. The van der Waals surface area contributed by atoms with Crippen LogP contribution >= 0.6 is 23.2 Å². The molecule has 0 saturated carbocycles. The number of benzene rings is 1. The van der Waals surface area contributed by atoms with Crippen molar-refractivity contribution in [2.24, 2.45) is 14.1 Å². The molecule has 4 rings (SSSR count). The number of nitrogens with zero attached hydrogens (tertiary/aromatic N) is 7. The van der Waals surface area contributed by atoms with Crippen LogP contribution in [-0.2, 0) is 20.6 Å². The van der Waals surface area contributed by atoms with Crippen LogP contribution in [0.25, 0.3) is 11.2 Å². The average molecular weight is 446 g/mol. The predicted octanol–water partition coefficient (Wildman–Crippen LogP) is 2.35. The number of halogens is 2. The number of aryl methyl sites for hydroxylation is 2. The zero-order chi connectivity index (χ0) is 21.6. The third kappa shape index (κ3) is 3.25. The molecule has 0 bridgehead atoms. The van der Waals surface area contributed by atoms with E-state index in [1.807, 2.05) is 0 Å². The Hall–Kier alpha value is -3.17. The highest BCUT2D eigenvalue weighted by Gasteiger charge is 2.21. The van der Waals surface area contributed by atoms with E-state index in [0.29, 0.717) is 32.9 Å². The fourth-order valence-corrected chi connectivity index (χ4v) is 3.58. The van der Waals surface area contributed by atoms with Crippen LogP contribution in [-0.4, -0.2) is 35.7 Å². The Balaban J connectivity index is 1.88. The summed E-state index contributed by atoms with van der Waals surface area (Å²) in [5, 5.41) is 0.757. The highest BCUT2D eigenvalue weighted by molar-refractivity contribution is 6.42. The van der Waals surface area contributed by atoms with Crippen LogP contribution < -0.4 is 16.1 Å². The van der Waals surface area contributed by atoms with Gasteiger partial charge in [-0.25, -0.2) is 9.78 Å². The van der Waals surface area contributed by atoms with Gasteiger partial charge < -0.3 is 4.57 Å². The minimum Gasteiger partial charge on any atom is -0.307 e. The topological polar surface area (TPSA) is 90.8 Å². The lowest BCUT2D eigenvalue weighted by Gasteiger charge is -2.16. The summed E-state index contributed by atoms with van der Waals surface area (Å²) in [6.45, 7) is 0.0544. The van der Waals surface area contributed by atoms with Crippen LogP contribution in [0.4, 0.5) is 11.8 Å². The number of hydrogen-bond acceptors (Lipinski definition) is 6. The van der Waals surface area contributed by atoms with Crippen molar-refractivity contribution >= 4 is 46.1 Å². The van der Waals surface area contributed by atoms with Gasteiger partial charge in [-0.05, 0) is 17.7 Å². The molecule has 0 spiro atoms. The molecule has 0 aliphatic carbocycles. The van der Waals surface area contributed by atoms with Crippen LogP contribution in [0.1, 0.15) is 5.56 Å². The van der Waals surface area contributed by atoms with Gasteiger partial charge in [-0.1, -0.05) is 29.3 Å². The average Bonchev–Trinajstić information content (AvgIpc) is 3.09. The Morgan fingerprint density at radius 2 is 1.83 bits per heavy atom. The molecule has 0 unspecified atom stereocenters. The summed E-state index contributed by atoms with van der Waals surface area (Å²) in [5.74, 6) is 1.00. The number of rotatable bonds is 4. The Morgan fingerprint density at radius 3 is 2.50 bits per heavy atom. The first-order valence-corrected chi connectivity index (χ1v) is 9.65. The number of aromatic nitrogens is 6. The van der Waals surface area contributed by atoms with Crippen molar-refractivity contribution in [3.05, 3.63) is 73.2 Å². The van der Waals surface area contributed by atoms with Gasteiger partial charge in [-0.3, -0.25) is 23.8 Å². The molecule has 0 amide bonds. The Bertz CT molecular complexity index is 1380. The van der Waals surface area contributed by atoms with E-state index in [1.54, 1.807) is 67.4 Å². The first-order valence-electron chi connectivity index (χ1n) is 8.89. The number of fused-ring (bicyclic) bond motifs is 1. The van der Waals surface area contributed by atoms with Crippen LogP contribution in [0.2, 0.25) is 10.0 Å². The maximum atomic E-state index is 13.2. The molecular formula is C19H17Cl2N7O2. The van der Waals surface area contributed by atoms with Crippen molar-refractivity contribution in [1.29, 1.82) is 0 Å². The Morgan fingerprint density at radius 1 is 1.07 bits per heavy atom. The summed E-state index contributed by atoms with van der Waals surface area (Å²) in [7, 11) is 5.05. The molecule has 30 heavy (non-hydrogen) atoms. The van der Waals surface area contributed by atoms with Gasteiger partial charge in [0.15, 0.2) is 17.0 Å². The van der Waals surface area contributed by atoms with Gasteiger partial charge in [0.1, 0.15) is 0 Å². The lowest BCUT2D eigenvalue weighted by atomic mass is 10.2. The van der Waals surface area contributed by atoms with E-state index >= 15 is 0 Å². The van der Waals surface area contributed by atoms with Crippen molar-refractivity contribution in [1.82, 2.24) is 28.7 Å². The van der Waals surface area contributed by atoms with Gasteiger partial charge in [0.25, 0.3) is 5.56 Å². The first-order chi connectivity index (χ1) is 14.3. The molecule has 0 atom stereocenters. The zero-order valence-corrected chi connectivity index (χ0v) is 17.9. The lowest BCUT2D eigenvalue weighted by molar-refractivity contribution is 0.655. The molecule has 0 aliphatic rings. The summed E-state index contributed by atoms with van der Waals surface area (Å²) in [6, 6.07) is 4.99. The molecular weight excluding hydrogens is 429 g/mol. The van der Waals surface area contributed by atoms with Gasteiger partial charge in [0.2, 0.25) is 5.95 Å². The van der Waals surface area contributed by atoms with Crippen LogP contribution in [0.5, 0.6) is 0 Å².